The minimum atomic E-state index is -4.32. The molecule has 12 heteroatoms. The van der Waals surface area contributed by atoms with E-state index in [0.29, 0.717) is 17.3 Å². The molecule has 3 aromatic rings. The van der Waals surface area contributed by atoms with Crippen LogP contribution in [0.1, 0.15) is 11.1 Å². The van der Waals surface area contributed by atoms with Gasteiger partial charge in [-0.3, -0.25) is 24.6 Å². The van der Waals surface area contributed by atoms with Crippen molar-refractivity contribution in [1.29, 1.82) is 0 Å². The first-order chi connectivity index (χ1) is 16.6. The summed E-state index contributed by atoms with van der Waals surface area (Å²) in [5.74, 6) is -1.15. The number of carbonyl (C=O) groups is 2. The number of amides is 2. The summed E-state index contributed by atoms with van der Waals surface area (Å²) < 4.78 is 43.9. The van der Waals surface area contributed by atoms with Gasteiger partial charge in [0.2, 0.25) is 0 Å². The van der Waals surface area contributed by atoms with Crippen molar-refractivity contribution < 1.29 is 31.5 Å². The second-order valence-electron chi connectivity index (χ2n) is 7.22. The van der Waals surface area contributed by atoms with E-state index >= 15 is 0 Å². The molecule has 0 radical (unpaired) electrons. The van der Waals surface area contributed by atoms with Crippen molar-refractivity contribution in [2.24, 2.45) is 0 Å². The van der Waals surface area contributed by atoms with Gasteiger partial charge in [0.25, 0.3) is 16.8 Å². The van der Waals surface area contributed by atoms with Crippen LogP contribution in [0.5, 0.6) is 5.75 Å². The van der Waals surface area contributed by atoms with Crippen LogP contribution in [-0.4, -0.2) is 29.4 Å². The van der Waals surface area contributed by atoms with Crippen molar-refractivity contribution in [3.05, 3.63) is 105 Å². The molecule has 9 nitrogen and oxygen atoms in total. The van der Waals surface area contributed by atoms with Gasteiger partial charge in [0.1, 0.15) is 16.5 Å². The van der Waals surface area contributed by atoms with Crippen LogP contribution in [0.15, 0.2) is 82.6 Å². The van der Waals surface area contributed by atoms with E-state index in [1.807, 2.05) is 0 Å². The number of nitro benzene ring substituents is 1. The molecule has 0 unspecified atom stereocenters. The zero-order chi connectivity index (χ0) is 25.2. The Bertz CT molecular complexity index is 1470. The molecule has 0 aliphatic carbocycles. The molecule has 4 rings (SSSR count). The molecule has 1 saturated heterocycles. The molecule has 0 N–H and O–H groups in total. The lowest BCUT2D eigenvalue weighted by atomic mass is 10.2. The molecule has 3 aromatic carbocycles. The quantitative estimate of drug-likeness (QED) is 0.192. The molecule has 35 heavy (non-hydrogen) atoms. The Morgan fingerprint density at radius 2 is 1.74 bits per heavy atom. The Morgan fingerprint density at radius 3 is 2.43 bits per heavy atom. The highest BCUT2D eigenvalue weighted by Crippen LogP contribution is 2.34. The SMILES string of the molecule is O=C1S/C(=C\c2ccc(OS(=O)(=O)c3cccc([N+](=O)[O-])c3)cc2)C(=O)N1Cc1ccccc1F. The standard InChI is InChI=1S/C23H15FN2O7S2/c24-20-7-2-1-4-16(20)14-25-22(27)21(34-23(25)28)12-15-8-10-18(11-9-15)33-35(31,32)19-6-3-5-17(13-19)26(29)30/h1-13H,14H2/b21-12-. The summed E-state index contributed by atoms with van der Waals surface area (Å²) in [7, 11) is -4.32. The number of hydrogen-bond acceptors (Lipinski definition) is 8. The molecular formula is C23H15FN2O7S2. The van der Waals surface area contributed by atoms with Crippen molar-refractivity contribution in [1.82, 2.24) is 4.90 Å². The van der Waals surface area contributed by atoms with E-state index in [4.69, 9.17) is 4.18 Å². The van der Waals surface area contributed by atoms with Gasteiger partial charge in [0.15, 0.2) is 0 Å². The molecule has 1 aliphatic rings. The molecule has 0 atom stereocenters. The molecule has 0 saturated carbocycles. The number of rotatable bonds is 7. The molecule has 1 fully saturated rings. The summed E-state index contributed by atoms with van der Waals surface area (Å²) >= 11 is 0.711. The summed E-state index contributed by atoms with van der Waals surface area (Å²) in [5.41, 5.74) is 0.304. The van der Waals surface area contributed by atoms with E-state index < -0.39 is 37.7 Å². The van der Waals surface area contributed by atoms with Crippen molar-refractivity contribution in [3.63, 3.8) is 0 Å². The molecule has 178 valence electrons. The number of halogens is 1. The van der Waals surface area contributed by atoms with E-state index in [2.05, 4.69) is 0 Å². The maximum absolute atomic E-state index is 13.9. The average molecular weight is 515 g/mol. The fraction of sp³-hybridized carbons (Fsp3) is 0.0435. The second kappa shape index (κ2) is 9.68. The van der Waals surface area contributed by atoms with Gasteiger partial charge in [-0.15, -0.1) is 0 Å². The van der Waals surface area contributed by atoms with Crippen LogP contribution in [0.25, 0.3) is 6.08 Å². The van der Waals surface area contributed by atoms with Gasteiger partial charge in [-0.2, -0.15) is 8.42 Å². The first kappa shape index (κ1) is 24.1. The Morgan fingerprint density at radius 1 is 1.03 bits per heavy atom. The number of hydrogen-bond donors (Lipinski definition) is 0. The normalized spacial score (nSPS) is 15.0. The lowest BCUT2D eigenvalue weighted by Gasteiger charge is -2.12. The first-order valence-electron chi connectivity index (χ1n) is 9.92. The average Bonchev–Trinajstić information content (AvgIpc) is 3.09. The summed E-state index contributed by atoms with van der Waals surface area (Å²) in [4.78, 5) is 35.8. The van der Waals surface area contributed by atoms with E-state index in [-0.39, 0.29) is 27.7 Å². The highest BCUT2D eigenvalue weighted by atomic mass is 32.2. The number of carbonyl (C=O) groups excluding carboxylic acids is 2. The van der Waals surface area contributed by atoms with Crippen LogP contribution >= 0.6 is 11.8 Å². The van der Waals surface area contributed by atoms with Crippen LogP contribution in [0.4, 0.5) is 14.9 Å². The van der Waals surface area contributed by atoms with Crippen LogP contribution in [0.2, 0.25) is 0 Å². The van der Waals surface area contributed by atoms with Gasteiger partial charge < -0.3 is 4.18 Å². The van der Waals surface area contributed by atoms with E-state index in [1.54, 1.807) is 6.07 Å². The Balaban J connectivity index is 1.48. The van der Waals surface area contributed by atoms with Crippen molar-refractivity contribution >= 4 is 44.8 Å². The molecular weight excluding hydrogens is 499 g/mol. The molecule has 2 amide bonds. The number of imide groups is 1. The minimum Gasteiger partial charge on any atom is -0.379 e. The van der Waals surface area contributed by atoms with Gasteiger partial charge in [0, 0.05) is 17.7 Å². The number of nitrogens with zero attached hydrogens (tertiary/aromatic N) is 2. The lowest BCUT2D eigenvalue weighted by Crippen LogP contribution is -2.27. The van der Waals surface area contributed by atoms with Gasteiger partial charge in [0.05, 0.1) is 16.4 Å². The fourth-order valence-corrected chi connectivity index (χ4v) is 4.94. The molecule has 1 aliphatic heterocycles. The summed E-state index contributed by atoms with van der Waals surface area (Å²) in [6.07, 6.45) is 1.45. The van der Waals surface area contributed by atoms with Crippen molar-refractivity contribution in [2.45, 2.75) is 11.4 Å². The predicted molar refractivity (Wildman–Crippen MR) is 125 cm³/mol. The Kier molecular flexibility index (Phi) is 6.67. The zero-order valence-electron chi connectivity index (χ0n) is 17.7. The lowest BCUT2D eigenvalue weighted by molar-refractivity contribution is -0.385. The zero-order valence-corrected chi connectivity index (χ0v) is 19.3. The van der Waals surface area contributed by atoms with Gasteiger partial charge in [-0.05, 0) is 47.7 Å². The van der Waals surface area contributed by atoms with Gasteiger partial charge >= 0.3 is 10.1 Å². The molecule has 0 spiro atoms. The van der Waals surface area contributed by atoms with Crippen LogP contribution in [0.3, 0.4) is 0 Å². The van der Waals surface area contributed by atoms with Gasteiger partial charge in [-0.25, -0.2) is 4.39 Å². The third kappa shape index (κ3) is 5.39. The van der Waals surface area contributed by atoms with Crippen molar-refractivity contribution in [3.8, 4) is 5.75 Å². The largest absolute Gasteiger partial charge is 0.379 e. The van der Waals surface area contributed by atoms with Crippen LogP contribution in [0, 0.1) is 15.9 Å². The highest BCUT2D eigenvalue weighted by Gasteiger charge is 2.35. The molecule has 1 heterocycles. The molecule has 0 aromatic heterocycles. The number of nitro groups is 1. The Labute approximate surface area is 203 Å². The monoisotopic (exact) mass is 514 g/mol. The first-order valence-corrected chi connectivity index (χ1v) is 12.1. The highest BCUT2D eigenvalue weighted by molar-refractivity contribution is 8.18. The van der Waals surface area contributed by atoms with Crippen molar-refractivity contribution in [2.75, 3.05) is 0 Å². The van der Waals surface area contributed by atoms with Crippen LogP contribution in [-0.2, 0) is 21.5 Å². The van der Waals surface area contributed by atoms with Gasteiger partial charge in [-0.1, -0.05) is 36.4 Å². The number of benzene rings is 3. The topological polar surface area (TPSA) is 124 Å². The van der Waals surface area contributed by atoms with E-state index in [1.165, 1.54) is 60.7 Å². The Hall–Kier alpha value is -4.03. The summed E-state index contributed by atoms with van der Waals surface area (Å²) in [6.45, 7) is -0.197. The van der Waals surface area contributed by atoms with E-state index in [9.17, 15) is 32.5 Å². The maximum Gasteiger partial charge on any atom is 0.339 e. The second-order valence-corrected chi connectivity index (χ2v) is 9.76. The molecule has 0 bridgehead atoms. The third-order valence-electron chi connectivity index (χ3n) is 4.86. The fourth-order valence-electron chi connectivity index (χ4n) is 3.13. The third-order valence-corrected chi connectivity index (χ3v) is 7.01. The van der Waals surface area contributed by atoms with E-state index in [0.717, 1.165) is 17.0 Å². The maximum atomic E-state index is 13.9. The summed E-state index contributed by atoms with van der Waals surface area (Å²) in [5, 5.41) is 10.4. The predicted octanol–water partition coefficient (Wildman–Crippen LogP) is 4.74. The minimum absolute atomic E-state index is 0.0543. The number of non-ortho nitro benzene ring substituents is 1. The smallest absolute Gasteiger partial charge is 0.339 e. The summed E-state index contributed by atoms with van der Waals surface area (Å²) in [6, 6.07) is 15.9. The number of thioether (sulfide) groups is 1. The van der Waals surface area contributed by atoms with Crippen LogP contribution < -0.4 is 4.18 Å².